The maximum atomic E-state index is 14.2. The van der Waals surface area contributed by atoms with Crippen LogP contribution in [0.1, 0.15) is 25.8 Å². The van der Waals surface area contributed by atoms with Gasteiger partial charge in [0.25, 0.3) is 0 Å². The van der Waals surface area contributed by atoms with Gasteiger partial charge in [-0.2, -0.15) is 0 Å². The summed E-state index contributed by atoms with van der Waals surface area (Å²) in [5.41, 5.74) is 0.111. The van der Waals surface area contributed by atoms with Crippen molar-refractivity contribution in [3.63, 3.8) is 0 Å². The first-order valence-electron chi connectivity index (χ1n) is 7.85. The van der Waals surface area contributed by atoms with Crippen LogP contribution in [0.15, 0.2) is 24.3 Å². The van der Waals surface area contributed by atoms with Gasteiger partial charge in [-0.05, 0) is 44.0 Å². The Hall–Kier alpha value is -2.21. The van der Waals surface area contributed by atoms with Gasteiger partial charge in [-0.25, -0.2) is 18.6 Å². The van der Waals surface area contributed by atoms with E-state index in [9.17, 15) is 13.6 Å². The van der Waals surface area contributed by atoms with Crippen LogP contribution in [-0.2, 0) is 16.0 Å². The fraction of sp³-hybridized carbons (Fsp3) is 0.333. The van der Waals surface area contributed by atoms with Gasteiger partial charge in [-0.15, -0.1) is 0 Å². The summed E-state index contributed by atoms with van der Waals surface area (Å²) in [6.45, 7) is 3.57. The number of esters is 1. The maximum Gasteiger partial charge on any atom is 0.350 e. The van der Waals surface area contributed by atoms with Crippen LogP contribution >= 0.6 is 11.6 Å². The molecule has 1 unspecified atom stereocenters. The van der Waals surface area contributed by atoms with Crippen LogP contribution in [0.4, 0.5) is 8.78 Å². The van der Waals surface area contributed by atoms with Crippen molar-refractivity contribution in [2.24, 2.45) is 0 Å². The first kappa shape index (κ1) is 17.6. The smallest absolute Gasteiger partial charge is 0.350 e. The number of hydrogen-bond acceptors (Lipinski definition) is 4. The summed E-state index contributed by atoms with van der Waals surface area (Å²) in [6, 6.07) is 4.83. The number of fused-ring (bicyclic) bond motifs is 1. The summed E-state index contributed by atoms with van der Waals surface area (Å²) < 4.78 is 38.2. The van der Waals surface area contributed by atoms with Crippen molar-refractivity contribution in [1.82, 2.24) is 4.98 Å². The number of hydrogen-bond donors (Lipinski definition) is 0. The summed E-state index contributed by atoms with van der Waals surface area (Å²) in [4.78, 5) is 16.3. The molecule has 4 nitrogen and oxygen atoms in total. The fourth-order valence-corrected chi connectivity index (χ4v) is 3.03. The molecule has 2 heterocycles. The second kappa shape index (κ2) is 6.59. The molecule has 3 rings (SSSR count). The molecule has 132 valence electrons. The lowest BCUT2D eigenvalue weighted by atomic mass is 9.89. The SMILES string of the molecule is CCOC(=O)C1(C)CCc2c(-c3ccc(F)cc3F)cc(Cl)nc2O1. The molecule has 25 heavy (non-hydrogen) atoms. The largest absolute Gasteiger partial charge is 0.463 e. The molecule has 2 aromatic rings. The van der Waals surface area contributed by atoms with Gasteiger partial charge in [-0.3, -0.25) is 0 Å². The molecule has 7 heteroatoms. The third-order valence-electron chi connectivity index (χ3n) is 4.16. The van der Waals surface area contributed by atoms with Gasteiger partial charge in [0.05, 0.1) is 6.61 Å². The second-order valence-corrected chi connectivity index (χ2v) is 6.34. The third kappa shape index (κ3) is 3.31. The lowest BCUT2D eigenvalue weighted by molar-refractivity contribution is -0.162. The van der Waals surface area contributed by atoms with E-state index in [1.807, 2.05) is 0 Å². The predicted octanol–water partition coefficient (Wildman–Crippen LogP) is 4.33. The number of aromatic nitrogens is 1. The number of benzene rings is 1. The molecule has 1 aliphatic rings. The molecule has 0 bridgehead atoms. The zero-order valence-electron chi connectivity index (χ0n) is 13.7. The minimum absolute atomic E-state index is 0.0885. The van der Waals surface area contributed by atoms with Gasteiger partial charge >= 0.3 is 5.97 Å². The molecule has 1 aromatic carbocycles. The Labute approximate surface area is 148 Å². The lowest BCUT2D eigenvalue weighted by Gasteiger charge is -2.33. The normalized spacial score (nSPS) is 19.1. The van der Waals surface area contributed by atoms with Crippen molar-refractivity contribution in [3.05, 3.63) is 46.6 Å². The van der Waals surface area contributed by atoms with Gasteiger partial charge in [0.15, 0.2) is 0 Å². The quantitative estimate of drug-likeness (QED) is 0.598. The fourth-order valence-electron chi connectivity index (χ4n) is 2.85. The van der Waals surface area contributed by atoms with E-state index >= 15 is 0 Å². The van der Waals surface area contributed by atoms with Crippen LogP contribution < -0.4 is 4.74 Å². The molecule has 0 fully saturated rings. The molecule has 0 N–H and O–H groups in total. The number of ether oxygens (including phenoxy) is 2. The van der Waals surface area contributed by atoms with Crippen molar-refractivity contribution < 1.29 is 23.0 Å². The standard InChI is InChI=1S/C18H16ClF2NO3/c1-3-24-17(23)18(2)7-6-12-13(9-15(19)22-16(12)25-18)11-5-4-10(20)8-14(11)21/h4-5,8-9H,3,6-7H2,1-2H3. The van der Waals surface area contributed by atoms with Crippen molar-refractivity contribution in [2.45, 2.75) is 32.3 Å². The Morgan fingerprint density at radius 1 is 1.36 bits per heavy atom. The van der Waals surface area contributed by atoms with E-state index in [1.54, 1.807) is 13.8 Å². The highest BCUT2D eigenvalue weighted by atomic mass is 35.5. The summed E-state index contributed by atoms with van der Waals surface area (Å²) in [7, 11) is 0. The van der Waals surface area contributed by atoms with Crippen LogP contribution in [-0.4, -0.2) is 23.2 Å². The highest BCUT2D eigenvalue weighted by Gasteiger charge is 2.42. The highest BCUT2D eigenvalue weighted by molar-refractivity contribution is 6.29. The molecule has 1 aromatic heterocycles. The average Bonchev–Trinajstić information content (AvgIpc) is 2.54. The van der Waals surface area contributed by atoms with Crippen LogP contribution in [0, 0.1) is 11.6 Å². The van der Waals surface area contributed by atoms with Gasteiger partial charge in [0, 0.05) is 23.6 Å². The second-order valence-electron chi connectivity index (χ2n) is 5.95. The van der Waals surface area contributed by atoms with Crippen molar-refractivity contribution in [2.75, 3.05) is 6.61 Å². The Bertz CT molecular complexity index is 843. The molecule has 0 aliphatic carbocycles. The summed E-state index contributed by atoms with van der Waals surface area (Å²) in [5.74, 6) is -1.70. The van der Waals surface area contributed by atoms with Crippen molar-refractivity contribution in [1.29, 1.82) is 0 Å². The molecule has 1 aliphatic heterocycles. The number of carbonyl (C=O) groups is 1. The summed E-state index contributed by atoms with van der Waals surface area (Å²) in [5, 5.41) is 0.0885. The highest BCUT2D eigenvalue weighted by Crippen LogP contribution is 2.40. The number of nitrogens with zero attached hydrogens (tertiary/aromatic N) is 1. The molecule has 0 amide bonds. The zero-order valence-corrected chi connectivity index (χ0v) is 14.5. The van der Waals surface area contributed by atoms with Gasteiger partial charge < -0.3 is 9.47 Å². The number of carbonyl (C=O) groups excluding carboxylic acids is 1. The first-order chi connectivity index (χ1) is 11.8. The van der Waals surface area contributed by atoms with Crippen LogP contribution in [0.2, 0.25) is 5.15 Å². The number of rotatable bonds is 3. The monoisotopic (exact) mass is 367 g/mol. The van der Waals surface area contributed by atoms with Crippen LogP contribution in [0.3, 0.4) is 0 Å². The predicted molar refractivity (Wildman–Crippen MR) is 88.6 cm³/mol. The van der Waals surface area contributed by atoms with E-state index in [0.29, 0.717) is 24.0 Å². The van der Waals surface area contributed by atoms with Crippen LogP contribution in [0.25, 0.3) is 11.1 Å². The first-order valence-corrected chi connectivity index (χ1v) is 8.23. The van der Waals surface area contributed by atoms with Gasteiger partial charge in [0.1, 0.15) is 16.8 Å². The van der Waals surface area contributed by atoms with E-state index in [0.717, 1.165) is 6.07 Å². The minimum atomic E-state index is -1.18. The van der Waals surface area contributed by atoms with E-state index in [1.165, 1.54) is 18.2 Å². The van der Waals surface area contributed by atoms with Gasteiger partial charge in [0.2, 0.25) is 11.5 Å². The van der Waals surface area contributed by atoms with E-state index in [-0.39, 0.29) is 23.2 Å². The van der Waals surface area contributed by atoms with E-state index in [2.05, 4.69) is 4.98 Å². The molecule has 0 saturated carbocycles. The molecule has 0 saturated heterocycles. The Balaban J connectivity index is 2.06. The van der Waals surface area contributed by atoms with Crippen molar-refractivity contribution in [3.8, 4) is 17.0 Å². The number of halogens is 3. The van der Waals surface area contributed by atoms with Gasteiger partial charge in [-0.1, -0.05) is 11.6 Å². The molecule has 0 radical (unpaired) electrons. The topological polar surface area (TPSA) is 48.4 Å². The number of pyridine rings is 1. The molecular weight excluding hydrogens is 352 g/mol. The maximum absolute atomic E-state index is 14.2. The molecular formula is C18H16ClF2NO3. The van der Waals surface area contributed by atoms with Crippen molar-refractivity contribution >= 4 is 17.6 Å². The van der Waals surface area contributed by atoms with E-state index in [4.69, 9.17) is 21.1 Å². The minimum Gasteiger partial charge on any atom is -0.463 e. The Morgan fingerprint density at radius 2 is 2.12 bits per heavy atom. The average molecular weight is 368 g/mol. The zero-order chi connectivity index (χ0) is 18.2. The van der Waals surface area contributed by atoms with E-state index < -0.39 is 23.2 Å². The third-order valence-corrected chi connectivity index (χ3v) is 4.35. The Morgan fingerprint density at radius 3 is 2.80 bits per heavy atom. The molecule has 1 atom stereocenters. The Kier molecular flexibility index (Phi) is 4.64. The molecule has 0 spiro atoms. The lowest BCUT2D eigenvalue weighted by Crippen LogP contribution is -2.45. The summed E-state index contributed by atoms with van der Waals surface area (Å²) in [6.07, 6.45) is 0.763. The summed E-state index contributed by atoms with van der Waals surface area (Å²) >= 11 is 6.05. The van der Waals surface area contributed by atoms with Crippen LogP contribution in [0.5, 0.6) is 5.88 Å².